The van der Waals surface area contributed by atoms with Crippen molar-refractivity contribution in [3.05, 3.63) is 17.5 Å². The third kappa shape index (κ3) is 1.80. The summed E-state index contributed by atoms with van der Waals surface area (Å²) in [6, 6.07) is 0. The summed E-state index contributed by atoms with van der Waals surface area (Å²) in [5.74, 6) is -1.05. The molecule has 0 aliphatic heterocycles. The molecule has 1 amide bonds. The van der Waals surface area contributed by atoms with E-state index in [-0.39, 0.29) is 17.4 Å². The fourth-order valence-corrected chi connectivity index (χ4v) is 1.81. The van der Waals surface area contributed by atoms with Crippen LogP contribution in [0.5, 0.6) is 0 Å². The second-order valence-electron chi connectivity index (χ2n) is 4.12. The van der Waals surface area contributed by atoms with Gasteiger partial charge < -0.3 is 15.4 Å². The quantitative estimate of drug-likeness (QED) is 0.728. The zero-order valence-corrected chi connectivity index (χ0v) is 9.04. The normalized spacial score (nSPS) is 15.6. The van der Waals surface area contributed by atoms with Crippen molar-refractivity contribution < 1.29 is 14.7 Å². The van der Waals surface area contributed by atoms with Gasteiger partial charge in [0.05, 0.1) is 5.69 Å². The smallest absolute Gasteiger partial charge is 0.339 e. The molecule has 3 N–H and O–H groups in total. The topological polar surface area (TPSA) is 82.2 Å². The Kier molecular flexibility index (Phi) is 2.68. The fraction of sp³-hybridized carbons (Fsp3) is 0.455. The molecule has 1 fully saturated rings. The summed E-state index contributed by atoms with van der Waals surface area (Å²) >= 11 is 0. The number of carbonyl (C=O) groups is 2. The molecule has 1 aromatic rings. The highest BCUT2D eigenvalue weighted by Crippen LogP contribution is 2.28. The fourth-order valence-electron chi connectivity index (χ4n) is 1.81. The van der Waals surface area contributed by atoms with E-state index in [1.807, 2.05) is 0 Å². The lowest BCUT2D eigenvalue weighted by molar-refractivity contribution is -0.122. The minimum absolute atomic E-state index is 0.0526. The predicted octanol–water partition coefficient (Wildman–Crippen LogP) is 1.76. The van der Waals surface area contributed by atoms with Crippen LogP contribution in [0.3, 0.4) is 0 Å². The van der Waals surface area contributed by atoms with Crippen molar-refractivity contribution in [2.75, 3.05) is 5.32 Å². The Morgan fingerprint density at radius 3 is 2.69 bits per heavy atom. The number of aromatic carboxylic acids is 1. The molecule has 0 saturated heterocycles. The minimum Gasteiger partial charge on any atom is -0.478 e. The second-order valence-corrected chi connectivity index (χ2v) is 4.12. The number of hydrogen-bond acceptors (Lipinski definition) is 2. The molecule has 86 valence electrons. The van der Waals surface area contributed by atoms with Gasteiger partial charge in [0.2, 0.25) is 5.91 Å². The lowest BCUT2D eigenvalue weighted by atomic mass is 9.85. The first-order chi connectivity index (χ1) is 7.59. The zero-order chi connectivity index (χ0) is 11.7. The number of amides is 1. The lowest BCUT2D eigenvalue weighted by Gasteiger charge is -2.23. The highest BCUT2D eigenvalue weighted by Gasteiger charge is 2.26. The molecule has 5 heteroatoms. The minimum atomic E-state index is -1.03. The number of anilines is 1. The molecule has 0 spiro atoms. The molecule has 0 unspecified atom stereocenters. The predicted molar refractivity (Wildman–Crippen MR) is 58.5 cm³/mol. The van der Waals surface area contributed by atoms with Gasteiger partial charge in [-0.25, -0.2) is 4.79 Å². The molecule has 5 nitrogen and oxygen atoms in total. The van der Waals surface area contributed by atoms with E-state index in [9.17, 15) is 9.59 Å². The molecule has 0 radical (unpaired) electrons. The van der Waals surface area contributed by atoms with Crippen molar-refractivity contribution in [1.82, 2.24) is 4.98 Å². The van der Waals surface area contributed by atoms with Gasteiger partial charge in [-0.15, -0.1) is 0 Å². The van der Waals surface area contributed by atoms with Crippen molar-refractivity contribution >= 4 is 17.6 Å². The van der Waals surface area contributed by atoms with E-state index in [1.54, 1.807) is 6.92 Å². The van der Waals surface area contributed by atoms with Crippen molar-refractivity contribution in [3.8, 4) is 0 Å². The van der Waals surface area contributed by atoms with Gasteiger partial charge in [0.1, 0.15) is 5.56 Å². The Labute approximate surface area is 92.9 Å². The van der Waals surface area contributed by atoms with Gasteiger partial charge in [-0.2, -0.15) is 0 Å². The van der Waals surface area contributed by atoms with Crippen LogP contribution in [0, 0.1) is 12.8 Å². The molecule has 1 heterocycles. The van der Waals surface area contributed by atoms with Crippen LogP contribution in [0.2, 0.25) is 0 Å². The van der Waals surface area contributed by atoms with E-state index in [1.165, 1.54) is 6.20 Å². The molecule has 1 saturated carbocycles. The number of aromatic nitrogens is 1. The largest absolute Gasteiger partial charge is 0.478 e. The van der Waals surface area contributed by atoms with Crippen LogP contribution in [-0.4, -0.2) is 22.0 Å². The number of aryl methyl sites for hydroxylation is 1. The van der Waals surface area contributed by atoms with Gasteiger partial charge >= 0.3 is 5.97 Å². The Morgan fingerprint density at radius 1 is 1.50 bits per heavy atom. The van der Waals surface area contributed by atoms with Crippen LogP contribution in [0.1, 0.15) is 35.3 Å². The van der Waals surface area contributed by atoms with Crippen LogP contribution >= 0.6 is 0 Å². The second kappa shape index (κ2) is 4.00. The summed E-state index contributed by atoms with van der Waals surface area (Å²) in [5.41, 5.74) is 1.06. The summed E-state index contributed by atoms with van der Waals surface area (Å²) in [5, 5.41) is 11.7. The number of nitrogens with one attached hydrogen (secondary N) is 2. The van der Waals surface area contributed by atoms with E-state index in [4.69, 9.17) is 5.11 Å². The molecular weight excluding hydrogens is 208 g/mol. The van der Waals surface area contributed by atoms with Gasteiger partial charge in [0.15, 0.2) is 0 Å². The summed E-state index contributed by atoms with van der Waals surface area (Å²) in [6.07, 6.45) is 4.40. The van der Waals surface area contributed by atoms with Gasteiger partial charge in [0.25, 0.3) is 0 Å². The summed E-state index contributed by atoms with van der Waals surface area (Å²) < 4.78 is 0. The van der Waals surface area contributed by atoms with Crippen LogP contribution < -0.4 is 5.32 Å². The lowest BCUT2D eigenvalue weighted by Crippen LogP contribution is -2.28. The standard InChI is InChI=1S/C11H14N2O3/c1-6-9(11(15)16)8(5-12-6)13-10(14)7-3-2-4-7/h5,7,12H,2-4H2,1H3,(H,13,14)(H,15,16). The molecule has 16 heavy (non-hydrogen) atoms. The number of aromatic amines is 1. The first-order valence-corrected chi connectivity index (χ1v) is 5.31. The molecule has 1 aliphatic rings. The molecule has 0 aromatic carbocycles. The molecular formula is C11H14N2O3. The maximum absolute atomic E-state index is 11.7. The Bertz CT molecular complexity index is 432. The average Bonchev–Trinajstić information content (AvgIpc) is 2.43. The third-order valence-corrected chi connectivity index (χ3v) is 3.03. The molecule has 1 aliphatic carbocycles. The SMILES string of the molecule is Cc1[nH]cc(NC(=O)C2CCC2)c1C(=O)O. The van der Waals surface area contributed by atoms with Crippen molar-refractivity contribution in [2.24, 2.45) is 5.92 Å². The molecule has 2 rings (SSSR count). The van der Waals surface area contributed by atoms with Crippen LogP contribution in [0.25, 0.3) is 0 Å². The third-order valence-electron chi connectivity index (χ3n) is 3.03. The number of carbonyl (C=O) groups excluding carboxylic acids is 1. The Hall–Kier alpha value is -1.78. The maximum Gasteiger partial charge on any atom is 0.339 e. The maximum atomic E-state index is 11.7. The van der Waals surface area contributed by atoms with Gasteiger partial charge in [-0.05, 0) is 19.8 Å². The van der Waals surface area contributed by atoms with Crippen molar-refractivity contribution in [3.63, 3.8) is 0 Å². The number of hydrogen-bond donors (Lipinski definition) is 3. The van der Waals surface area contributed by atoms with E-state index < -0.39 is 5.97 Å². The molecule has 0 atom stereocenters. The average molecular weight is 222 g/mol. The number of rotatable bonds is 3. The summed E-state index contributed by atoms with van der Waals surface area (Å²) in [4.78, 5) is 25.4. The van der Waals surface area contributed by atoms with Gasteiger partial charge in [0, 0.05) is 17.8 Å². The van der Waals surface area contributed by atoms with E-state index >= 15 is 0 Å². The Morgan fingerprint density at radius 2 is 2.19 bits per heavy atom. The van der Waals surface area contributed by atoms with Crippen LogP contribution in [0.15, 0.2) is 6.20 Å². The van der Waals surface area contributed by atoms with E-state index in [0.717, 1.165) is 19.3 Å². The van der Waals surface area contributed by atoms with E-state index in [0.29, 0.717) is 11.4 Å². The van der Waals surface area contributed by atoms with Crippen LogP contribution in [0.4, 0.5) is 5.69 Å². The Balaban J connectivity index is 2.14. The number of H-pyrrole nitrogens is 1. The highest BCUT2D eigenvalue weighted by molar-refractivity contribution is 6.02. The first-order valence-electron chi connectivity index (χ1n) is 5.31. The number of carboxylic acid groups (broad SMARTS) is 1. The number of carboxylic acids is 1. The summed E-state index contributed by atoms with van der Waals surface area (Å²) in [6.45, 7) is 1.67. The molecule has 1 aromatic heterocycles. The van der Waals surface area contributed by atoms with Crippen LogP contribution in [-0.2, 0) is 4.79 Å². The van der Waals surface area contributed by atoms with Gasteiger partial charge in [-0.3, -0.25) is 4.79 Å². The monoisotopic (exact) mass is 222 g/mol. The zero-order valence-electron chi connectivity index (χ0n) is 9.04. The van der Waals surface area contributed by atoms with Crippen molar-refractivity contribution in [1.29, 1.82) is 0 Å². The first kappa shape index (κ1) is 10.7. The summed E-state index contributed by atoms with van der Waals surface area (Å²) in [7, 11) is 0. The van der Waals surface area contributed by atoms with Crippen molar-refractivity contribution in [2.45, 2.75) is 26.2 Å². The molecule has 0 bridgehead atoms. The van der Waals surface area contributed by atoms with E-state index in [2.05, 4.69) is 10.3 Å². The highest BCUT2D eigenvalue weighted by atomic mass is 16.4. The van der Waals surface area contributed by atoms with Gasteiger partial charge in [-0.1, -0.05) is 6.42 Å².